The quantitative estimate of drug-likeness (QED) is 0.820. The van der Waals surface area contributed by atoms with Crippen molar-refractivity contribution in [3.05, 3.63) is 21.3 Å². The van der Waals surface area contributed by atoms with Gasteiger partial charge in [-0.05, 0) is 26.0 Å². The van der Waals surface area contributed by atoms with E-state index in [4.69, 9.17) is 16.3 Å². The zero-order chi connectivity index (χ0) is 11.4. The molecule has 0 radical (unpaired) electrons. The summed E-state index contributed by atoms with van der Waals surface area (Å²) in [5.74, 6) is 0. The fraction of sp³-hybridized carbons (Fsp3) is 0.500. The molecule has 1 heterocycles. The monoisotopic (exact) mass is 247 g/mol. The van der Waals surface area contributed by atoms with Crippen LogP contribution in [0.15, 0.2) is 12.1 Å². The smallest absolute Gasteiger partial charge is 0.410 e. The number of carbonyl (C=O) groups excluding carboxylic acids is 1. The molecule has 0 atom stereocenters. The second-order valence-electron chi connectivity index (χ2n) is 3.49. The van der Waals surface area contributed by atoms with Crippen molar-refractivity contribution in [2.75, 3.05) is 7.05 Å². The van der Waals surface area contributed by atoms with Gasteiger partial charge < -0.3 is 9.64 Å². The van der Waals surface area contributed by atoms with Crippen LogP contribution in [0.25, 0.3) is 0 Å². The zero-order valence-corrected chi connectivity index (χ0v) is 10.6. The largest absolute Gasteiger partial charge is 0.447 e. The molecule has 1 rings (SSSR count). The normalized spacial score (nSPS) is 10.5. The zero-order valence-electron chi connectivity index (χ0n) is 8.99. The highest BCUT2D eigenvalue weighted by Crippen LogP contribution is 2.22. The molecular formula is C10H14ClNO2S. The minimum absolute atomic E-state index is 0.0909. The molecule has 0 aliphatic heterocycles. The van der Waals surface area contributed by atoms with Crippen molar-refractivity contribution >= 4 is 29.0 Å². The number of carbonyl (C=O) groups is 1. The molecule has 1 aromatic heterocycles. The third kappa shape index (κ3) is 4.10. The van der Waals surface area contributed by atoms with Gasteiger partial charge in [-0.3, -0.25) is 0 Å². The van der Waals surface area contributed by atoms with Crippen molar-refractivity contribution in [3.8, 4) is 0 Å². The number of hydrogen-bond acceptors (Lipinski definition) is 3. The number of nitrogens with zero attached hydrogens (tertiary/aromatic N) is 1. The van der Waals surface area contributed by atoms with Gasteiger partial charge in [-0.1, -0.05) is 11.6 Å². The fourth-order valence-electron chi connectivity index (χ4n) is 1.03. The van der Waals surface area contributed by atoms with E-state index in [0.29, 0.717) is 6.54 Å². The van der Waals surface area contributed by atoms with Crippen LogP contribution >= 0.6 is 22.9 Å². The van der Waals surface area contributed by atoms with Gasteiger partial charge in [0.25, 0.3) is 0 Å². The first-order valence-electron chi connectivity index (χ1n) is 4.65. The molecule has 0 saturated heterocycles. The lowest BCUT2D eigenvalue weighted by molar-refractivity contribution is 0.0825. The first-order chi connectivity index (χ1) is 6.99. The highest BCUT2D eigenvalue weighted by molar-refractivity contribution is 7.16. The molecule has 1 aromatic rings. The Hall–Kier alpha value is -0.740. The predicted molar refractivity (Wildman–Crippen MR) is 62.4 cm³/mol. The van der Waals surface area contributed by atoms with Crippen molar-refractivity contribution in [2.45, 2.75) is 26.5 Å². The summed E-state index contributed by atoms with van der Waals surface area (Å²) in [5, 5.41) is 0. The van der Waals surface area contributed by atoms with E-state index in [9.17, 15) is 4.79 Å². The van der Waals surface area contributed by atoms with Crippen LogP contribution in [0, 0.1) is 0 Å². The molecule has 15 heavy (non-hydrogen) atoms. The van der Waals surface area contributed by atoms with Crippen molar-refractivity contribution in [1.29, 1.82) is 0 Å². The minimum atomic E-state index is -0.311. The predicted octanol–water partition coefficient (Wildman–Crippen LogP) is 3.38. The van der Waals surface area contributed by atoms with Gasteiger partial charge in [-0.25, -0.2) is 4.79 Å². The van der Waals surface area contributed by atoms with Gasteiger partial charge in [0.05, 0.1) is 17.0 Å². The Labute approximate surface area is 98.6 Å². The molecule has 0 bridgehead atoms. The average Bonchev–Trinajstić information content (AvgIpc) is 2.50. The van der Waals surface area contributed by atoms with Crippen LogP contribution < -0.4 is 0 Å². The van der Waals surface area contributed by atoms with E-state index >= 15 is 0 Å². The number of rotatable bonds is 3. The summed E-state index contributed by atoms with van der Waals surface area (Å²) in [6.07, 6.45) is -0.401. The number of thiophene rings is 1. The average molecular weight is 248 g/mol. The molecule has 1 amide bonds. The van der Waals surface area contributed by atoms with Crippen molar-refractivity contribution in [3.63, 3.8) is 0 Å². The molecule has 0 aromatic carbocycles. The Balaban J connectivity index is 2.48. The topological polar surface area (TPSA) is 29.5 Å². The highest BCUT2D eigenvalue weighted by atomic mass is 35.5. The van der Waals surface area contributed by atoms with E-state index in [2.05, 4.69) is 0 Å². The number of ether oxygens (including phenoxy) is 1. The first kappa shape index (κ1) is 12.3. The molecular weight excluding hydrogens is 234 g/mol. The maximum atomic E-state index is 11.4. The third-order valence-electron chi connectivity index (χ3n) is 1.67. The van der Waals surface area contributed by atoms with Crippen molar-refractivity contribution < 1.29 is 9.53 Å². The summed E-state index contributed by atoms with van der Waals surface area (Å²) >= 11 is 7.26. The van der Waals surface area contributed by atoms with Crippen molar-refractivity contribution in [1.82, 2.24) is 4.90 Å². The summed E-state index contributed by atoms with van der Waals surface area (Å²) in [6, 6.07) is 3.73. The summed E-state index contributed by atoms with van der Waals surface area (Å²) < 4.78 is 5.78. The van der Waals surface area contributed by atoms with E-state index in [1.54, 1.807) is 7.05 Å². The lowest BCUT2D eigenvalue weighted by Gasteiger charge is -2.17. The summed E-state index contributed by atoms with van der Waals surface area (Å²) in [4.78, 5) is 14.0. The molecule has 3 nitrogen and oxygen atoms in total. The Kier molecular flexibility index (Phi) is 4.42. The minimum Gasteiger partial charge on any atom is -0.447 e. The maximum absolute atomic E-state index is 11.4. The molecule has 0 aliphatic carbocycles. The molecule has 0 saturated carbocycles. The summed E-state index contributed by atoms with van der Waals surface area (Å²) in [7, 11) is 1.71. The lowest BCUT2D eigenvalue weighted by atomic mass is 10.4. The third-order valence-corrected chi connectivity index (χ3v) is 2.89. The van der Waals surface area contributed by atoms with E-state index < -0.39 is 0 Å². The molecule has 84 valence electrons. The molecule has 0 unspecified atom stereocenters. The second-order valence-corrected chi connectivity index (χ2v) is 5.29. The summed E-state index contributed by atoms with van der Waals surface area (Å²) in [5.41, 5.74) is 0. The first-order valence-corrected chi connectivity index (χ1v) is 5.84. The van der Waals surface area contributed by atoms with Gasteiger partial charge in [-0.15, -0.1) is 11.3 Å². The molecule has 0 aliphatic rings. The van der Waals surface area contributed by atoms with E-state index in [-0.39, 0.29) is 12.2 Å². The second kappa shape index (κ2) is 5.37. The standard InChI is InChI=1S/C10H14ClNO2S/c1-7(2)14-10(13)12(3)6-8-4-5-9(11)15-8/h4-5,7H,6H2,1-3H3. The number of halogens is 1. The highest BCUT2D eigenvalue weighted by Gasteiger charge is 2.12. The van der Waals surface area contributed by atoms with Crippen LogP contribution in [0.2, 0.25) is 4.34 Å². The maximum Gasteiger partial charge on any atom is 0.410 e. The SMILES string of the molecule is CC(C)OC(=O)N(C)Cc1ccc(Cl)s1. The van der Waals surface area contributed by atoms with Gasteiger partial charge in [-0.2, -0.15) is 0 Å². The molecule has 0 fully saturated rings. The summed E-state index contributed by atoms with van der Waals surface area (Å²) in [6.45, 7) is 4.18. The molecule has 5 heteroatoms. The van der Waals surface area contributed by atoms with E-state index in [1.165, 1.54) is 16.2 Å². The van der Waals surface area contributed by atoms with Crippen LogP contribution in [-0.4, -0.2) is 24.1 Å². The Morgan fingerprint density at radius 1 is 1.60 bits per heavy atom. The fourth-order valence-corrected chi connectivity index (χ4v) is 2.17. The molecule has 0 N–H and O–H groups in total. The Bertz CT molecular complexity index is 338. The van der Waals surface area contributed by atoms with Gasteiger partial charge in [0, 0.05) is 11.9 Å². The Morgan fingerprint density at radius 3 is 2.73 bits per heavy atom. The number of hydrogen-bond donors (Lipinski definition) is 0. The van der Waals surface area contributed by atoms with Gasteiger partial charge in [0.1, 0.15) is 0 Å². The number of amides is 1. The van der Waals surface area contributed by atoms with Gasteiger partial charge in [0.2, 0.25) is 0 Å². The Morgan fingerprint density at radius 2 is 2.27 bits per heavy atom. The van der Waals surface area contributed by atoms with Crippen LogP contribution in [-0.2, 0) is 11.3 Å². The van der Waals surface area contributed by atoms with E-state index in [0.717, 1.165) is 9.21 Å². The van der Waals surface area contributed by atoms with Crippen LogP contribution in [0.4, 0.5) is 4.79 Å². The lowest BCUT2D eigenvalue weighted by Crippen LogP contribution is -2.28. The van der Waals surface area contributed by atoms with Gasteiger partial charge in [0.15, 0.2) is 0 Å². The van der Waals surface area contributed by atoms with E-state index in [1.807, 2.05) is 26.0 Å². The van der Waals surface area contributed by atoms with Crippen LogP contribution in [0.3, 0.4) is 0 Å². The van der Waals surface area contributed by atoms with Gasteiger partial charge >= 0.3 is 6.09 Å². The van der Waals surface area contributed by atoms with Crippen LogP contribution in [0.5, 0.6) is 0 Å². The van der Waals surface area contributed by atoms with Crippen LogP contribution in [0.1, 0.15) is 18.7 Å². The molecule has 0 spiro atoms. The van der Waals surface area contributed by atoms with Crippen molar-refractivity contribution in [2.24, 2.45) is 0 Å².